The zero-order valence-electron chi connectivity index (χ0n) is 18.6. The van der Waals surface area contributed by atoms with Gasteiger partial charge in [0.15, 0.2) is 24.0 Å². The Morgan fingerprint density at radius 3 is 2.72 bits per heavy atom. The number of rotatable bonds is 8. The highest BCUT2D eigenvalue weighted by Gasteiger charge is 2.55. The number of fused-ring (bicyclic) bond motifs is 3. The van der Waals surface area contributed by atoms with Crippen LogP contribution in [0.25, 0.3) is 11.2 Å². The summed E-state index contributed by atoms with van der Waals surface area (Å²) in [4.78, 5) is 15.0. The standard InChI is InChI=1S/C18H25N5O12S/c1-30-13-10(25)18(34-11-7-3-31-14(11)9(24)17(26)32-7)33-6(12(13)35-36(27,28)29)2-19-15-8-16(21-4-20-8)23-5-22-15/h4-7,9-14,17-18,24-26H,2-3H2,1H3,(H,27,28,29)(H2,19,20,21,22,23)/p-1/t6-,7-,9-,10-,11+,12+,13-,14-,17-,18+/m1/s1. The van der Waals surface area contributed by atoms with Gasteiger partial charge in [0.2, 0.25) is 10.4 Å². The van der Waals surface area contributed by atoms with Crippen LogP contribution >= 0.6 is 0 Å². The molecule has 18 heteroatoms. The van der Waals surface area contributed by atoms with Crippen LogP contribution in [0.4, 0.5) is 5.82 Å². The molecule has 17 nitrogen and oxygen atoms in total. The van der Waals surface area contributed by atoms with Crippen LogP contribution in [0.3, 0.4) is 0 Å². The maximum Gasteiger partial charge on any atom is 0.218 e. The van der Waals surface area contributed by atoms with Crippen LogP contribution in [-0.2, 0) is 38.3 Å². The first-order chi connectivity index (χ1) is 17.2. The molecule has 0 spiro atoms. The largest absolute Gasteiger partial charge is 0.726 e. The number of H-pyrrole nitrogens is 1. The number of aromatic nitrogens is 4. The lowest BCUT2D eigenvalue weighted by molar-refractivity contribution is -0.332. The molecule has 36 heavy (non-hydrogen) atoms. The van der Waals surface area contributed by atoms with Gasteiger partial charge in [0.1, 0.15) is 60.7 Å². The first-order valence-corrected chi connectivity index (χ1v) is 12.2. The number of methoxy groups -OCH3 is 1. The van der Waals surface area contributed by atoms with E-state index in [4.69, 9.17) is 23.7 Å². The van der Waals surface area contributed by atoms with E-state index in [-0.39, 0.29) is 13.2 Å². The number of nitrogens with zero attached hydrogens (tertiary/aromatic N) is 3. The van der Waals surface area contributed by atoms with Crippen LogP contribution in [0.15, 0.2) is 12.7 Å². The van der Waals surface area contributed by atoms with Crippen molar-refractivity contribution in [3.8, 4) is 0 Å². The van der Waals surface area contributed by atoms with Gasteiger partial charge in [-0.2, -0.15) is 0 Å². The minimum atomic E-state index is -5.23. The monoisotopic (exact) mass is 534 g/mol. The quantitative estimate of drug-likeness (QED) is 0.163. The van der Waals surface area contributed by atoms with Crippen molar-refractivity contribution in [2.24, 2.45) is 0 Å². The maximum absolute atomic E-state index is 11.4. The predicted octanol–water partition coefficient (Wildman–Crippen LogP) is -3.43. The number of hydrogen-bond donors (Lipinski definition) is 5. The molecular weight excluding hydrogens is 510 g/mol. The van der Waals surface area contributed by atoms with Gasteiger partial charge in [-0.15, -0.1) is 0 Å². The minimum absolute atomic E-state index is 0.0129. The summed E-state index contributed by atoms with van der Waals surface area (Å²) >= 11 is 0. The van der Waals surface area contributed by atoms with Crippen LogP contribution in [0, 0.1) is 0 Å². The third kappa shape index (κ3) is 4.89. The Morgan fingerprint density at radius 2 is 1.97 bits per heavy atom. The number of imidazole rings is 1. The second-order valence-corrected chi connectivity index (χ2v) is 9.37. The van der Waals surface area contributed by atoms with Gasteiger partial charge in [-0.3, -0.25) is 4.18 Å². The Hall–Kier alpha value is -2.10. The number of anilines is 1. The summed E-state index contributed by atoms with van der Waals surface area (Å²) in [6, 6.07) is 0. The zero-order valence-corrected chi connectivity index (χ0v) is 19.4. The van der Waals surface area contributed by atoms with Gasteiger partial charge in [-0.1, -0.05) is 0 Å². The summed E-state index contributed by atoms with van der Waals surface area (Å²) < 4.78 is 66.7. The van der Waals surface area contributed by atoms with E-state index < -0.39 is 71.8 Å². The molecule has 0 amide bonds. The van der Waals surface area contributed by atoms with E-state index in [9.17, 15) is 28.3 Å². The molecule has 3 saturated heterocycles. The van der Waals surface area contributed by atoms with Crippen LogP contribution < -0.4 is 5.32 Å². The average Bonchev–Trinajstić information content (AvgIpc) is 3.42. The number of aromatic amines is 1. The molecule has 0 radical (unpaired) electrons. The van der Waals surface area contributed by atoms with Crippen LogP contribution in [0.2, 0.25) is 0 Å². The van der Waals surface area contributed by atoms with Crippen molar-refractivity contribution in [1.82, 2.24) is 19.9 Å². The van der Waals surface area contributed by atoms with Crippen LogP contribution in [0.1, 0.15) is 0 Å². The normalized spacial score (nSPS) is 38.9. The Balaban J connectivity index is 1.38. The summed E-state index contributed by atoms with van der Waals surface area (Å²) in [5.74, 6) is 0.298. The minimum Gasteiger partial charge on any atom is -0.726 e. The fourth-order valence-electron chi connectivity index (χ4n) is 4.55. The summed E-state index contributed by atoms with van der Waals surface area (Å²) in [7, 11) is -4.05. The van der Waals surface area contributed by atoms with Gasteiger partial charge in [0.25, 0.3) is 0 Å². The van der Waals surface area contributed by atoms with Gasteiger partial charge >= 0.3 is 0 Å². The molecule has 5 heterocycles. The highest BCUT2D eigenvalue weighted by Crippen LogP contribution is 2.35. The molecule has 200 valence electrons. The van der Waals surface area contributed by atoms with Crippen LogP contribution in [-0.4, -0.2) is 130 Å². The smallest absolute Gasteiger partial charge is 0.218 e. The Kier molecular flexibility index (Phi) is 7.09. The van der Waals surface area contributed by atoms with Crippen molar-refractivity contribution in [2.75, 3.05) is 25.6 Å². The number of aliphatic hydroxyl groups is 3. The molecule has 10 atom stereocenters. The van der Waals surface area contributed by atoms with Crippen molar-refractivity contribution in [2.45, 2.75) is 61.4 Å². The molecule has 3 aliphatic rings. The Labute approximate surface area is 203 Å². The van der Waals surface area contributed by atoms with E-state index in [0.717, 1.165) is 0 Å². The lowest BCUT2D eigenvalue weighted by Crippen LogP contribution is -2.64. The van der Waals surface area contributed by atoms with E-state index in [1.165, 1.54) is 19.8 Å². The summed E-state index contributed by atoms with van der Waals surface area (Å²) in [5, 5.41) is 33.8. The highest BCUT2D eigenvalue weighted by molar-refractivity contribution is 7.80. The lowest BCUT2D eigenvalue weighted by Gasteiger charge is -2.45. The van der Waals surface area contributed by atoms with E-state index in [1.807, 2.05) is 0 Å². The van der Waals surface area contributed by atoms with Gasteiger partial charge in [-0.25, -0.2) is 23.4 Å². The number of nitrogens with one attached hydrogen (secondary N) is 2. The molecule has 3 fully saturated rings. The molecular formula is C18H24N5O12S-. The molecule has 5 rings (SSSR count). The average molecular weight is 534 g/mol. The molecule has 0 aliphatic carbocycles. The highest BCUT2D eigenvalue weighted by atomic mass is 32.3. The first kappa shape index (κ1) is 25.5. The predicted molar refractivity (Wildman–Crippen MR) is 112 cm³/mol. The number of hydrogen-bond acceptors (Lipinski definition) is 16. The zero-order chi connectivity index (χ0) is 25.6. The third-order valence-corrected chi connectivity index (χ3v) is 6.64. The third-order valence-electron chi connectivity index (χ3n) is 6.19. The molecule has 0 saturated carbocycles. The molecule has 0 aromatic carbocycles. The van der Waals surface area contributed by atoms with Gasteiger partial charge < -0.3 is 53.9 Å². The van der Waals surface area contributed by atoms with E-state index in [1.54, 1.807) is 0 Å². The van der Waals surface area contributed by atoms with Crippen LogP contribution in [0.5, 0.6) is 0 Å². The topological polar surface area (TPSA) is 240 Å². The molecule has 3 aliphatic heterocycles. The van der Waals surface area contributed by atoms with E-state index >= 15 is 0 Å². The van der Waals surface area contributed by atoms with Crippen molar-refractivity contribution in [3.05, 3.63) is 12.7 Å². The van der Waals surface area contributed by atoms with Crippen molar-refractivity contribution >= 4 is 27.4 Å². The lowest BCUT2D eigenvalue weighted by atomic mass is 9.97. The fraction of sp³-hybridized carbons (Fsp3) is 0.722. The maximum atomic E-state index is 11.4. The van der Waals surface area contributed by atoms with Crippen molar-refractivity contribution in [1.29, 1.82) is 0 Å². The van der Waals surface area contributed by atoms with Crippen molar-refractivity contribution < 1.29 is 56.2 Å². The summed E-state index contributed by atoms with van der Waals surface area (Å²) in [6.45, 7) is -0.164. The van der Waals surface area contributed by atoms with E-state index in [0.29, 0.717) is 17.0 Å². The van der Waals surface area contributed by atoms with Gasteiger partial charge in [0.05, 0.1) is 12.9 Å². The molecule has 2 aromatic heterocycles. The molecule has 2 aromatic rings. The summed E-state index contributed by atoms with van der Waals surface area (Å²) in [6.07, 6.45) is -10.2. The van der Waals surface area contributed by atoms with Gasteiger partial charge in [0, 0.05) is 13.7 Å². The second-order valence-electron chi connectivity index (χ2n) is 8.36. The Bertz CT molecular complexity index is 1170. The van der Waals surface area contributed by atoms with Gasteiger partial charge in [-0.05, 0) is 0 Å². The fourth-order valence-corrected chi connectivity index (χ4v) is 5.05. The second kappa shape index (κ2) is 9.99. The molecule has 0 unspecified atom stereocenters. The van der Waals surface area contributed by atoms with E-state index in [2.05, 4.69) is 29.4 Å². The summed E-state index contributed by atoms with van der Waals surface area (Å²) in [5.41, 5.74) is 0.825. The SMILES string of the molecule is CO[C@@H]1[C@@H](O)[C@H](O[C@@H]2[C@@H]3OC[C@H]2O[C@@H](O)[C@@H]3O)O[C@H](CNc2ncnc3nc[nH]c23)[C@@H]1OS(=O)(=O)[O-]. The molecule has 5 N–H and O–H groups in total. The first-order valence-electron chi connectivity index (χ1n) is 10.8. The number of ether oxygens (including phenoxy) is 5. The Morgan fingerprint density at radius 1 is 1.17 bits per heavy atom. The number of aliphatic hydroxyl groups excluding tert-OH is 3. The van der Waals surface area contributed by atoms with Crippen molar-refractivity contribution in [3.63, 3.8) is 0 Å². The molecule has 2 bridgehead atoms.